The maximum Gasteiger partial charge on any atom is 0.239 e. The van der Waals surface area contributed by atoms with Crippen LogP contribution in [0.2, 0.25) is 5.02 Å². The van der Waals surface area contributed by atoms with Gasteiger partial charge in [0, 0.05) is 29.6 Å². The normalized spacial score (nSPS) is 22.8. The molecule has 1 amide bonds. The first-order valence-electron chi connectivity index (χ1n) is 7.97. The fraction of sp³-hybridized carbons (Fsp3) is 0.529. The summed E-state index contributed by atoms with van der Waals surface area (Å²) >= 11 is 5.86. The number of halogens is 1. The Kier molecular flexibility index (Phi) is 4.79. The largest absolute Gasteiger partial charge is 0.341 e. The molecule has 5 heteroatoms. The highest BCUT2D eigenvalue weighted by Gasteiger charge is 2.32. The summed E-state index contributed by atoms with van der Waals surface area (Å²) in [5, 5.41) is 3.89. The van der Waals surface area contributed by atoms with Crippen LogP contribution in [-0.4, -0.2) is 42.3 Å². The molecule has 2 heterocycles. The molecule has 0 aliphatic carbocycles. The first-order chi connectivity index (χ1) is 10.6. The van der Waals surface area contributed by atoms with Crippen molar-refractivity contribution in [1.29, 1.82) is 0 Å². The molecule has 0 bridgehead atoms. The van der Waals surface area contributed by atoms with Gasteiger partial charge < -0.3 is 10.2 Å². The van der Waals surface area contributed by atoms with Crippen LogP contribution in [0.3, 0.4) is 0 Å². The number of carbonyl (C=O) groups is 2. The fourth-order valence-corrected chi connectivity index (χ4v) is 3.45. The average Bonchev–Trinajstić information content (AvgIpc) is 3.09. The lowest BCUT2D eigenvalue weighted by Gasteiger charge is -2.33. The summed E-state index contributed by atoms with van der Waals surface area (Å²) in [6, 6.07) is 7.05. The van der Waals surface area contributed by atoms with Crippen molar-refractivity contribution in [2.75, 3.05) is 19.6 Å². The van der Waals surface area contributed by atoms with E-state index in [9.17, 15) is 9.59 Å². The minimum atomic E-state index is -0.0106. The van der Waals surface area contributed by atoms with E-state index in [2.05, 4.69) is 5.32 Å². The molecule has 1 atom stereocenters. The number of amides is 1. The summed E-state index contributed by atoms with van der Waals surface area (Å²) in [4.78, 5) is 26.7. The Hall–Kier alpha value is -1.39. The van der Waals surface area contributed by atoms with E-state index in [-0.39, 0.29) is 23.7 Å². The van der Waals surface area contributed by atoms with Gasteiger partial charge in [0.1, 0.15) is 0 Å². The van der Waals surface area contributed by atoms with Crippen LogP contribution in [0.1, 0.15) is 36.0 Å². The standard InChI is InChI=1S/C17H21ClN2O2/c18-14-5-3-12(4-6-14)16(21)13-7-10-20(11-8-13)17(22)15-2-1-9-19-15/h3-6,13,15,19H,1-2,7-11H2. The van der Waals surface area contributed by atoms with Crippen molar-refractivity contribution in [2.45, 2.75) is 31.7 Å². The highest BCUT2D eigenvalue weighted by Crippen LogP contribution is 2.23. The third-order valence-electron chi connectivity index (χ3n) is 4.66. The minimum absolute atomic E-state index is 0.0106. The van der Waals surface area contributed by atoms with Gasteiger partial charge in [-0.25, -0.2) is 0 Å². The van der Waals surface area contributed by atoms with E-state index in [0.29, 0.717) is 23.7 Å². The van der Waals surface area contributed by atoms with E-state index in [1.54, 1.807) is 24.3 Å². The molecule has 2 aliphatic heterocycles. The van der Waals surface area contributed by atoms with Gasteiger partial charge in [0.15, 0.2) is 5.78 Å². The van der Waals surface area contributed by atoms with Gasteiger partial charge in [0.2, 0.25) is 5.91 Å². The number of Topliss-reactive ketones (excluding diaryl/α,β-unsaturated/α-hetero) is 1. The molecule has 1 aromatic carbocycles. The molecule has 0 saturated carbocycles. The Morgan fingerprint density at radius 2 is 1.77 bits per heavy atom. The van der Waals surface area contributed by atoms with Crippen LogP contribution < -0.4 is 5.32 Å². The lowest BCUT2D eigenvalue weighted by molar-refractivity contribution is -0.134. The zero-order valence-corrected chi connectivity index (χ0v) is 13.3. The molecule has 3 rings (SSSR count). The Morgan fingerprint density at radius 1 is 1.09 bits per heavy atom. The maximum absolute atomic E-state index is 12.5. The quantitative estimate of drug-likeness (QED) is 0.871. The third-order valence-corrected chi connectivity index (χ3v) is 4.92. The van der Waals surface area contributed by atoms with Crippen molar-refractivity contribution < 1.29 is 9.59 Å². The monoisotopic (exact) mass is 320 g/mol. The number of carbonyl (C=O) groups excluding carboxylic acids is 2. The SMILES string of the molecule is O=C(c1ccc(Cl)cc1)C1CCN(C(=O)C2CCCN2)CC1. The van der Waals surface area contributed by atoms with Crippen molar-refractivity contribution in [3.05, 3.63) is 34.9 Å². The molecular weight excluding hydrogens is 300 g/mol. The van der Waals surface area contributed by atoms with Gasteiger partial charge in [-0.05, 0) is 56.5 Å². The lowest BCUT2D eigenvalue weighted by Crippen LogP contribution is -2.47. The van der Waals surface area contributed by atoms with Gasteiger partial charge >= 0.3 is 0 Å². The van der Waals surface area contributed by atoms with Crippen molar-refractivity contribution in [3.63, 3.8) is 0 Å². The van der Waals surface area contributed by atoms with E-state index in [0.717, 1.165) is 32.2 Å². The second-order valence-corrected chi connectivity index (χ2v) is 6.56. The number of nitrogens with zero attached hydrogens (tertiary/aromatic N) is 1. The summed E-state index contributed by atoms with van der Waals surface area (Å²) in [5.41, 5.74) is 0.714. The zero-order valence-electron chi connectivity index (χ0n) is 12.6. The fourth-order valence-electron chi connectivity index (χ4n) is 3.33. The van der Waals surface area contributed by atoms with Gasteiger partial charge in [-0.15, -0.1) is 0 Å². The average molecular weight is 321 g/mol. The summed E-state index contributed by atoms with van der Waals surface area (Å²) in [5.74, 6) is 0.388. The van der Waals surface area contributed by atoms with Crippen LogP contribution in [0, 0.1) is 5.92 Å². The number of likely N-dealkylation sites (tertiary alicyclic amines) is 1. The van der Waals surface area contributed by atoms with Crippen LogP contribution in [-0.2, 0) is 4.79 Å². The van der Waals surface area contributed by atoms with Crippen molar-refractivity contribution in [1.82, 2.24) is 10.2 Å². The summed E-state index contributed by atoms with van der Waals surface area (Å²) in [7, 11) is 0. The van der Waals surface area contributed by atoms with E-state index < -0.39 is 0 Å². The molecule has 0 spiro atoms. The summed E-state index contributed by atoms with van der Waals surface area (Å²) in [6.45, 7) is 2.30. The topological polar surface area (TPSA) is 49.4 Å². The molecule has 2 aliphatic rings. The Labute approximate surface area is 135 Å². The van der Waals surface area contributed by atoms with Gasteiger partial charge in [-0.2, -0.15) is 0 Å². The second kappa shape index (κ2) is 6.80. The van der Waals surface area contributed by atoms with E-state index in [4.69, 9.17) is 11.6 Å². The molecule has 2 saturated heterocycles. The molecule has 0 aromatic heterocycles. The first kappa shape index (κ1) is 15.5. The molecule has 1 unspecified atom stereocenters. The predicted octanol–water partition coefficient (Wildman–Crippen LogP) is 2.51. The number of ketones is 1. The van der Waals surface area contributed by atoms with Crippen LogP contribution >= 0.6 is 11.6 Å². The highest BCUT2D eigenvalue weighted by molar-refractivity contribution is 6.30. The molecule has 2 fully saturated rings. The highest BCUT2D eigenvalue weighted by atomic mass is 35.5. The smallest absolute Gasteiger partial charge is 0.239 e. The third kappa shape index (κ3) is 3.33. The van der Waals surface area contributed by atoms with Crippen LogP contribution in [0.15, 0.2) is 24.3 Å². The van der Waals surface area contributed by atoms with Crippen LogP contribution in [0.4, 0.5) is 0 Å². The van der Waals surface area contributed by atoms with Gasteiger partial charge in [0.05, 0.1) is 6.04 Å². The Balaban J connectivity index is 1.56. The second-order valence-electron chi connectivity index (χ2n) is 6.12. The summed E-state index contributed by atoms with van der Waals surface area (Å²) < 4.78 is 0. The Morgan fingerprint density at radius 3 is 2.36 bits per heavy atom. The molecular formula is C17H21ClN2O2. The number of rotatable bonds is 3. The van der Waals surface area contributed by atoms with E-state index in [1.807, 2.05) is 4.90 Å². The molecule has 22 heavy (non-hydrogen) atoms. The van der Waals surface area contributed by atoms with E-state index in [1.165, 1.54) is 0 Å². The van der Waals surface area contributed by atoms with Gasteiger partial charge in [-0.3, -0.25) is 9.59 Å². The number of hydrogen-bond donors (Lipinski definition) is 1. The maximum atomic E-state index is 12.5. The van der Waals surface area contributed by atoms with Crippen molar-refractivity contribution >= 4 is 23.3 Å². The van der Waals surface area contributed by atoms with Crippen molar-refractivity contribution in [3.8, 4) is 0 Å². The van der Waals surface area contributed by atoms with Gasteiger partial charge in [0.25, 0.3) is 0 Å². The number of benzene rings is 1. The van der Waals surface area contributed by atoms with Crippen LogP contribution in [0.5, 0.6) is 0 Å². The molecule has 0 radical (unpaired) electrons. The zero-order chi connectivity index (χ0) is 15.5. The molecule has 1 aromatic rings. The first-order valence-corrected chi connectivity index (χ1v) is 8.35. The minimum Gasteiger partial charge on any atom is -0.341 e. The number of piperidine rings is 1. The lowest BCUT2D eigenvalue weighted by atomic mass is 9.88. The number of hydrogen-bond acceptors (Lipinski definition) is 3. The Bertz CT molecular complexity index is 544. The summed E-state index contributed by atoms with van der Waals surface area (Å²) in [6.07, 6.45) is 3.50. The van der Waals surface area contributed by atoms with Gasteiger partial charge in [-0.1, -0.05) is 11.6 Å². The predicted molar refractivity (Wildman–Crippen MR) is 86.1 cm³/mol. The van der Waals surface area contributed by atoms with Crippen LogP contribution in [0.25, 0.3) is 0 Å². The molecule has 118 valence electrons. The molecule has 4 nitrogen and oxygen atoms in total. The number of nitrogens with one attached hydrogen (secondary N) is 1. The van der Waals surface area contributed by atoms with E-state index >= 15 is 0 Å². The van der Waals surface area contributed by atoms with Crippen molar-refractivity contribution in [2.24, 2.45) is 5.92 Å². The molecule has 1 N–H and O–H groups in total.